The van der Waals surface area contributed by atoms with Gasteiger partial charge >= 0.3 is 0 Å². The summed E-state index contributed by atoms with van der Waals surface area (Å²) in [6.45, 7) is 2.18. The first-order valence-corrected chi connectivity index (χ1v) is 6.25. The standard InChI is InChI=1S/C12H18ClN3/c1-2-9(7-8-3-4-8)15-12-10(14)5-6-11(13)16-12/h5-6,8-9H,2-4,7,14H2,1H3,(H,15,16). The molecule has 0 radical (unpaired) electrons. The molecule has 4 heteroatoms. The minimum absolute atomic E-state index is 0.459. The molecule has 0 bridgehead atoms. The quantitative estimate of drug-likeness (QED) is 0.776. The Balaban J connectivity index is 2.01. The second-order valence-corrected chi connectivity index (χ2v) is 4.89. The minimum atomic E-state index is 0.459. The van der Waals surface area contributed by atoms with Gasteiger partial charge in [-0.05, 0) is 30.9 Å². The molecule has 3 nitrogen and oxygen atoms in total. The molecule has 1 heterocycles. The van der Waals surface area contributed by atoms with Crippen LogP contribution < -0.4 is 11.1 Å². The summed E-state index contributed by atoms with van der Waals surface area (Å²) in [5.74, 6) is 1.62. The molecule has 1 aromatic heterocycles. The van der Waals surface area contributed by atoms with Gasteiger partial charge < -0.3 is 11.1 Å². The molecular weight excluding hydrogens is 222 g/mol. The molecule has 1 aliphatic carbocycles. The van der Waals surface area contributed by atoms with Crippen LogP contribution in [0, 0.1) is 5.92 Å². The van der Waals surface area contributed by atoms with Gasteiger partial charge in [0.2, 0.25) is 0 Å². The summed E-state index contributed by atoms with van der Waals surface area (Å²) in [7, 11) is 0. The second kappa shape index (κ2) is 4.91. The van der Waals surface area contributed by atoms with E-state index in [0.29, 0.717) is 16.9 Å². The summed E-state index contributed by atoms with van der Waals surface area (Å²) in [4.78, 5) is 4.22. The summed E-state index contributed by atoms with van der Waals surface area (Å²) < 4.78 is 0. The smallest absolute Gasteiger partial charge is 0.151 e. The monoisotopic (exact) mass is 239 g/mol. The third-order valence-electron chi connectivity index (χ3n) is 3.04. The number of nitrogens with zero attached hydrogens (tertiary/aromatic N) is 1. The maximum absolute atomic E-state index is 5.86. The van der Waals surface area contributed by atoms with E-state index in [2.05, 4.69) is 17.2 Å². The van der Waals surface area contributed by atoms with E-state index in [0.717, 1.165) is 18.2 Å². The van der Waals surface area contributed by atoms with E-state index < -0.39 is 0 Å². The molecule has 1 saturated carbocycles. The average molecular weight is 240 g/mol. The number of hydrogen-bond acceptors (Lipinski definition) is 3. The Morgan fingerprint density at radius 1 is 1.56 bits per heavy atom. The van der Waals surface area contributed by atoms with E-state index >= 15 is 0 Å². The highest BCUT2D eigenvalue weighted by Crippen LogP contribution is 2.35. The van der Waals surface area contributed by atoms with Gasteiger partial charge in [0.1, 0.15) is 5.15 Å². The van der Waals surface area contributed by atoms with Crippen LogP contribution in [0.2, 0.25) is 5.15 Å². The van der Waals surface area contributed by atoms with Gasteiger partial charge in [-0.2, -0.15) is 0 Å². The van der Waals surface area contributed by atoms with Crippen LogP contribution in [0.3, 0.4) is 0 Å². The lowest BCUT2D eigenvalue weighted by Crippen LogP contribution is -2.20. The Bertz CT molecular complexity index is 363. The van der Waals surface area contributed by atoms with Gasteiger partial charge in [0.15, 0.2) is 5.82 Å². The molecule has 0 spiro atoms. The maximum atomic E-state index is 5.86. The fourth-order valence-electron chi connectivity index (χ4n) is 1.84. The number of nitrogens with one attached hydrogen (secondary N) is 1. The maximum Gasteiger partial charge on any atom is 0.151 e. The van der Waals surface area contributed by atoms with E-state index in [4.69, 9.17) is 17.3 Å². The van der Waals surface area contributed by atoms with Gasteiger partial charge in [-0.3, -0.25) is 0 Å². The van der Waals surface area contributed by atoms with E-state index in [1.807, 2.05) is 0 Å². The molecule has 1 aliphatic rings. The normalized spacial score (nSPS) is 17.1. The molecule has 16 heavy (non-hydrogen) atoms. The van der Waals surface area contributed by atoms with Crippen molar-refractivity contribution >= 4 is 23.1 Å². The van der Waals surface area contributed by atoms with Gasteiger partial charge in [-0.1, -0.05) is 31.4 Å². The van der Waals surface area contributed by atoms with Crippen LogP contribution in [0.5, 0.6) is 0 Å². The average Bonchev–Trinajstić information content (AvgIpc) is 3.06. The van der Waals surface area contributed by atoms with Crippen molar-refractivity contribution in [2.75, 3.05) is 11.1 Å². The number of halogens is 1. The number of pyridine rings is 1. The third kappa shape index (κ3) is 3.01. The zero-order chi connectivity index (χ0) is 11.5. The number of rotatable bonds is 5. The molecule has 1 atom stereocenters. The molecule has 0 saturated heterocycles. The summed E-state index contributed by atoms with van der Waals surface area (Å²) >= 11 is 5.85. The van der Waals surface area contributed by atoms with Crippen molar-refractivity contribution in [3.63, 3.8) is 0 Å². The fourth-order valence-corrected chi connectivity index (χ4v) is 1.99. The van der Waals surface area contributed by atoms with Crippen LogP contribution in [0.15, 0.2) is 12.1 Å². The van der Waals surface area contributed by atoms with Crippen molar-refractivity contribution in [2.24, 2.45) is 5.92 Å². The summed E-state index contributed by atoms with van der Waals surface area (Å²) in [6, 6.07) is 3.96. The van der Waals surface area contributed by atoms with Crippen LogP contribution in [0.4, 0.5) is 11.5 Å². The summed E-state index contributed by atoms with van der Waals surface area (Å²) in [5.41, 5.74) is 6.52. The van der Waals surface area contributed by atoms with Crippen molar-refractivity contribution in [1.29, 1.82) is 0 Å². The summed E-state index contributed by atoms with van der Waals surface area (Å²) in [5, 5.41) is 3.87. The van der Waals surface area contributed by atoms with Crippen molar-refractivity contribution in [3.8, 4) is 0 Å². The lowest BCUT2D eigenvalue weighted by atomic mass is 10.1. The van der Waals surface area contributed by atoms with Crippen molar-refractivity contribution in [1.82, 2.24) is 4.98 Å². The Morgan fingerprint density at radius 2 is 2.31 bits per heavy atom. The Morgan fingerprint density at radius 3 is 2.94 bits per heavy atom. The van der Waals surface area contributed by atoms with Crippen LogP contribution in [-0.2, 0) is 0 Å². The second-order valence-electron chi connectivity index (χ2n) is 4.50. The molecule has 88 valence electrons. The molecule has 2 rings (SSSR count). The van der Waals surface area contributed by atoms with Gasteiger partial charge in [-0.15, -0.1) is 0 Å². The Kier molecular flexibility index (Phi) is 3.54. The van der Waals surface area contributed by atoms with Gasteiger partial charge in [0.25, 0.3) is 0 Å². The minimum Gasteiger partial charge on any atom is -0.396 e. The van der Waals surface area contributed by atoms with Gasteiger partial charge in [0.05, 0.1) is 5.69 Å². The molecule has 0 aliphatic heterocycles. The topological polar surface area (TPSA) is 50.9 Å². The number of aromatic nitrogens is 1. The molecule has 1 aromatic rings. The van der Waals surface area contributed by atoms with Crippen molar-refractivity contribution in [3.05, 3.63) is 17.3 Å². The van der Waals surface area contributed by atoms with E-state index in [-0.39, 0.29) is 0 Å². The molecule has 0 amide bonds. The fraction of sp³-hybridized carbons (Fsp3) is 0.583. The first kappa shape index (κ1) is 11.5. The van der Waals surface area contributed by atoms with Crippen molar-refractivity contribution < 1.29 is 0 Å². The molecule has 3 N–H and O–H groups in total. The van der Waals surface area contributed by atoms with Crippen molar-refractivity contribution in [2.45, 2.75) is 38.6 Å². The predicted molar refractivity (Wildman–Crippen MR) is 68.7 cm³/mol. The van der Waals surface area contributed by atoms with Gasteiger partial charge in [0, 0.05) is 6.04 Å². The van der Waals surface area contributed by atoms with Gasteiger partial charge in [-0.25, -0.2) is 4.98 Å². The highest BCUT2D eigenvalue weighted by molar-refractivity contribution is 6.29. The first-order valence-electron chi connectivity index (χ1n) is 5.87. The molecule has 1 fully saturated rings. The number of hydrogen-bond donors (Lipinski definition) is 2. The van der Waals surface area contributed by atoms with E-state index in [1.165, 1.54) is 19.3 Å². The zero-order valence-electron chi connectivity index (χ0n) is 9.54. The molecule has 1 unspecified atom stereocenters. The van der Waals surface area contributed by atoms with Crippen LogP contribution in [-0.4, -0.2) is 11.0 Å². The first-order chi connectivity index (χ1) is 7.69. The van der Waals surface area contributed by atoms with E-state index in [9.17, 15) is 0 Å². The number of nitrogens with two attached hydrogens (primary N) is 1. The number of anilines is 2. The van der Waals surface area contributed by atoms with Crippen LogP contribution in [0.1, 0.15) is 32.6 Å². The van der Waals surface area contributed by atoms with Crippen LogP contribution in [0.25, 0.3) is 0 Å². The predicted octanol–water partition coefficient (Wildman–Crippen LogP) is 3.31. The Hall–Kier alpha value is -0.960. The van der Waals surface area contributed by atoms with Crippen LogP contribution >= 0.6 is 11.6 Å². The summed E-state index contributed by atoms with van der Waals surface area (Å²) in [6.07, 6.45) is 5.04. The van der Waals surface area contributed by atoms with E-state index in [1.54, 1.807) is 12.1 Å². The Labute approximate surface area is 101 Å². The SMILES string of the molecule is CCC(CC1CC1)Nc1nc(Cl)ccc1N. The highest BCUT2D eigenvalue weighted by atomic mass is 35.5. The highest BCUT2D eigenvalue weighted by Gasteiger charge is 2.25. The molecule has 0 aromatic carbocycles. The lowest BCUT2D eigenvalue weighted by Gasteiger charge is -2.18. The zero-order valence-corrected chi connectivity index (χ0v) is 10.3. The largest absolute Gasteiger partial charge is 0.396 e. The molecular formula is C12H18ClN3. The lowest BCUT2D eigenvalue weighted by molar-refractivity contribution is 0.585. The third-order valence-corrected chi connectivity index (χ3v) is 3.25. The number of nitrogen functional groups attached to an aromatic ring is 1.